The lowest BCUT2D eigenvalue weighted by molar-refractivity contribution is -0.120. The summed E-state index contributed by atoms with van der Waals surface area (Å²) in [4.78, 5) is 9.84. The van der Waals surface area contributed by atoms with Crippen LogP contribution in [-0.4, -0.2) is 6.47 Å². The van der Waals surface area contributed by atoms with Gasteiger partial charge in [0.2, 0.25) is 0 Å². The van der Waals surface area contributed by atoms with Crippen molar-refractivity contribution in [2.45, 2.75) is 20.8 Å². The van der Waals surface area contributed by atoms with Crippen LogP contribution < -0.4 is 4.74 Å². The van der Waals surface area contributed by atoms with Gasteiger partial charge in [-0.25, -0.2) is 0 Å². The molecule has 0 spiro atoms. The van der Waals surface area contributed by atoms with Crippen LogP contribution in [0.4, 0.5) is 0 Å². The molecule has 1 aromatic rings. The number of carbonyl (C=O) groups excluding carboxylic acids is 1. The molecule has 0 saturated heterocycles. The third-order valence-electron chi connectivity index (χ3n) is 1.21. The van der Waals surface area contributed by atoms with Crippen LogP contribution in [0.3, 0.4) is 0 Å². The van der Waals surface area contributed by atoms with Crippen molar-refractivity contribution in [1.82, 2.24) is 0 Å². The van der Waals surface area contributed by atoms with Crippen LogP contribution >= 0.6 is 0 Å². The lowest BCUT2D eigenvalue weighted by Crippen LogP contribution is -1.87. The van der Waals surface area contributed by atoms with Crippen molar-refractivity contribution in [3.63, 3.8) is 0 Å². The summed E-state index contributed by atoms with van der Waals surface area (Å²) in [6, 6.07) is 7.28. The Bertz CT molecular complexity index is 214. The Kier molecular flexibility index (Phi) is 5.70. The summed E-state index contributed by atoms with van der Waals surface area (Å²) in [5.74, 6) is 0.584. The van der Waals surface area contributed by atoms with E-state index in [-0.39, 0.29) is 0 Å². The molecule has 0 aliphatic carbocycles. The first kappa shape index (κ1) is 10.7. The Hall–Kier alpha value is -1.31. The van der Waals surface area contributed by atoms with Gasteiger partial charge in [-0.15, -0.1) is 0 Å². The molecule has 0 bridgehead atoms. The standard InChI is InChI=1S/C8H8O2.C2H6/c1-7-2-4-8(5-3-7)10-6-9;1-2/h2-6H,1H3;1-2H3. The van der Waals surface area contributed by atoms with E-state index in [1.807, 2.05) is 32.9 Å². The Balaban J connectivity index is 0.000000561. The van der Waals surface area contributed by atoms with E-state index in [1.165, 1.54) is 0 Å². The minimum atomic E-state index is 0.421. The molecule has 0 amide bonds. The first-order valence-corrected chi connectivity index (χ1v) is 4.00. The Labute approximate surface area is 73.2 Å². The zero-order valence-electron chi connectivity index (χ0n) is 7.70. The highest BCUT2D eigenvalue weighted by Crippen LogP contribution is 2.09. The van der Waals surface area contributed by atoms with Gasteiger partial charge in [-0.1, -0.05) is 31.5 Å². The summed E-state index contributed by atoms with van der Waals surface area (Å²) in [6.07, 6.45) is 0. The van der Waals surface area contributed by atoms with Gasteiger partial charge in [-0.05, 0) is 19.1 Å². The van der Waals surface area contributed by atoms with Crippen molar-refractivity contribution in [2.24, 2.45) is 0 Å². The Morgan fingerprint density at radius 2 is 1.67 bits per heavy atom. The van der Waals surface area contributed by atoms with Gasteiger partial charge >= 0.3 is 0 Å². The molecule has 0 unspecified atom stereocenters. The molecule has 2 nitrogen and oxygen atoms in total. The van der Waals surface area contributed by atoms with E-state index in [0.717, 1.165) is 5.56 Å². The van der Waals surface area contributed by atoms with E-state index in [2.05, 4.69) is 4.74 Å². The van der Waals surface area contributed by atoms with Crippen LogP contribution in [0.15, 0.2) is 24.3 Å². The maximum absolute atomic E-state index is 9.84. The quantitative estimate of drug-likeness (QED) is 0.631. The van der Waals surface area contributed by atoms with E-state index in [4.69, 9.17) is 0 Å². The second-order valence-electron chi connectivity index (χ2n) is 2.03. The SMILES string of the molecule is CC.Cc1ccc(OC=O)cc1. The summed E-state index contributed by atoms with van der Waals surface area (Å²) in [7, 11) is 0. The number of hydrogen-bond acceptors (Lipinski definition) is 2. The predicted molar refractivity (Wildman–Crippen MR) is 49.2 cm³/mol. The molecule has 0 saturated carbocycles. The molecule has 0 aromatic heterocycles. The largest absolute Gasteiger partial charge is 0.429 e. The smallest absolute Gasteiger partial charge is 0.298 e. The van der Waals surface area contributed by atoms with Crippen molar-refractivity contribution >= 4 is 6.47 Å². The second-order valence-corrected chi connectivity index (χ2v) is 2.03. The zero-order chi connectivity index (χ0) is 9.40. The minimum Gasteiger partial charge on any atom is -0.429 e. The molecule has 1 rings (SSSR count). The van der Waals surface area contributed by atoms with E-state index in [1.54, 1.807) is 12.1 Å². The lowest BCUT2D eigenvalue weighted by atomic mass is 10.2. The molecule has 0 aliphatic rings. The van der Waals surface area contributed by atoms with Crippen LogP contribution in [0.25, 0.3) is 0 Å². The topological polar surface area (TPSA) is 26.3 Å². The molecule has 0 atom stereocenters. The highest BCUT2D eigenvalue weighted by molar-refractivity contribution is 5.45. The number of hydrogen-bond donors (Lipinski definition) is 0. The summed E-state index contributed by atoms with van der Waals surface area (Å²) in [5.41, 5.74) is 1.15. The zero-order valence-corrected chi connectivity index (χ0v) is 7.70. The number of benzene rings is 1. The van der Waals surface area contributed by atoms with Crippen molar-refractivity contribution < 1.29 is 9.53 Å². The van der Waals surface area contributed by atoms with Crippen LogP contribution in [0, 0.1) is 6.92 Å². The van der Waals surface area contributed by atoms with Gasteiger partial charge < -0.3 is 4.74 Å². The molecule has 0 heterocycles. The van der Waals surface area contributed by atoms with Gasteiger partial charge in [0.15, 0.2) is 0 Å². The average molecular weight is 166 g/mol. The summed E-state index contributed by atoms with van der Waals surface area (Å²) < 4.78 is 4.58. The lowest BCUT2D eigenvalue weighted by Gasteiger charge is -1.95. The van der Waals surface area contributed by atoms with Gasteiger partial charge in [-0.2, -0.15) is 0 Å². The maximum atomic E-state index is 9.84. The highest BCUT2D eigenvalue weighted by Gasteiger charge is 1.88. The van der Waals surface area contributed by atoms with Crippen molar-refractivity contribution in [3.05, 3.63) is 29.8 Å². The van der Waals surface area contributed by atoms with Crippen molar-refractivity contribution in [3.8, 4) is 5.75 Å². The van der Waals surface area contributed by atoms with Gasteiger partial charge in [0.25, 0.3) is 6.47 Å². The van der Waals surface area contributed by atoms with Gasteiger partial charge in [0, 0.05) is 0 Å². The monoisotopic (exact) mass is 166 g/mol. The molecule has 0 radical (unpaired) electrons. The summed E-state index contributed by atoms with van der Waals surface area (Å²) in [6.45, 7) is 6.40. The van der Waals surface area contributed by atoms with Gasteiger partial charge in [0.05, 0.1) is 0 Å². The predicted octanol–water partition coefficient (Wildman–Crippen LogP) is 2.56. The average Bonchev–Trinajstić information content (AvgIpc) is 2.13. The maximum Gasteiger partial charge on any atom is 0.298 e. The molecule has 12 heavy (non-hydrogen) atoms. The highest BCUT2D eigenvalue weighted by atomic mass is 16.5. The number of aryl methyl sites for hydroxylation is 1. The number of rotatable bonds is 2. The fourth-order valence-corrected chi connectivity index (χ4v) is 0.672. The van der Waals surface area contributed by atoms with E-state index in [9.17, 15) is 4.79 Å². The Morgan fingerprint density at radius 3 is 2.08 bits per heavy atom. The van der Waals surface area contributed by atoms with E-state index in [0.29, 0.717) is 12.2 Å². The van der Waals surface area contributed by atoms with Crippen LogP contribution in [0.5, 0.6) is 5.75 Å². The third kappa shape index (κ3) is 3.76. The fourth-order valence-electron chi connectivity index (χ4n) is 0.672. The molecule has 0 fully saturated rings. The van der Waals surface area contributed by atoms with Gasteiger partial charge in [0.1, 0.15) is 5.75 Å². The van der Waals surface area contributed by atoms with Gasteiger partial charge in [-0.3, -0.25) is 4.79 Å². The van der Waals surface area contributed by atoms with Crippen LogP contribution in [-0.2, 0) is 4.79 Å². The van der Waals surface area contributed by atoms with Crippen molar-refractivity contribution in [2.75, 3.05) is 0 Å². The number of ether oxygens (including phenoxy) is 1. The second kappa shape index (κ2) is 6.40. The molecule has 0 N–H and O–H groups in total. The summed E-state index contributed by atoms with van der Waals surface area (Å²) >= 11 is 0. The first-order valence-electron chi connectivity index (χ1n) is 4.00. The minimum absolute atomic E-state index is 0.421. The molecular weight excluding hydrogens is 152 g/mol. The molecule has 0 aliphatic heterocycles. The normalized spacial score (nSPS) is 7.92. The van der Waals surface area contributed by atoms with E-state index < -0.39 is 0 Å². The van der Waals surface area contributed by atoms with Crippen LogP contribution in [0.1, 0.15) is 19.4 Å². The fraction of sp³-hybridized carbons (Fsp3) is 0.300. The summed E-state index contributed by atoms with van der Waals surface area (Å²) in [5, 5.41) is 0. The Morgan fingerprint density at radius 1 is 1.17 bits per heavy atom. The van der Waals surface area contributed by atoms with E-state index >= 15 is 0 Å². The molecule has 66 valence electrons. The third-order valence-corrected chi connectivity index (χ3v) is 1.21. The van der Waals surface area contributed by atoms with Crippen LogP contribution in [0.2, 0.25) is 0 Å². The first-order chi connectivity index (χ1) is 5.83. The molecule has 2 heteroatoms. The molecule has 1 aromatic carbocycles. The number of carbonyl (C=O) groups is 1. The molecular formula is C10H14O2. The van der Waals surface area contributed by atoms with Crippen molar-refractivity contribution in [1.29, 1.82) is 0 Å².